The van der Waals surface area contributed by atoms with E-state index < -0.39 is 5.82 Å². The average Bonchev–Trinajstić information content (AvgIpc) is 3.23. The first kappa shape index (κ1) is 16.9. The minimum atomic E-state index is -0.437. The van der Waals surface area contributed by atoms with Crippen LogP contribution in [0.2, 0.25) is 0 Å². The number of nitrogens with one attached hydrogen (secondary N) is 2. The van der Waals surface area contributed by atoms with Gasteiger partial charge in [0.2, 0.25) is 0 Å². The zero-order valence-corrected chi connectivity index (χ0v) is 15.0. The molecule has 0 bridgehead atoms. The van der Waals surface area contributed by atoms with Crippen LogP contribution in [0.15, 0.2) is 36.7 Å². The molecule has 4 aromatic rings. The van der Waals surface area contributed by atoms with E-state index in [4.69, 9.17) is 0 Å². The van der Waals surface area contributed by atoms with Gasteiger partial charge in [-0.15, -0.1) is 10.2 Å². The van der Waals surface area contributed by atoms with Crippen molar-refractivity contribution in [1.82, 2.24) is 24.8 Å². The number of H-pyrrole nitrogens is 1. The van der Waals surface area contributed by atoms with E-state index in [2.05, 4.69) is 25.6 Å². The number of hydrogen-bond acceptors (Lipinski definition) is 4. The Labute approximate surface area is 154 Å². The molecule has 0 aliphatic rings. The standard InChI is InChI=1S/C19H17FN6O/c1-10-4-5-17-14(8-21-26(17)9-10)19(27)23-16-7-13(15(20)6-11(16)2)18-22-12(3)24-25-18/h4-9H,1-3H3,(H,23,27)(H,22,24,25). The molecular weight excluding hydrogens is 347 g/mol. The molecule has 0 radical (unpaired) electrons. The second-order valence-corrected chi connectivity index (χ2v) is 6.45. The summed E-state index contributed by atoms with van der Waals surface area (Å²) >= 11 is 0. The van der Waals surface area contributed by atoms with E-state index in [1.807, 2.05) is 25.3 Å². The first-order valence-electron chi connectivity index (χ1n) is 8.37. The first-order valence-corrected chi connectivity index (χ1v) is 8.37. The lowest BCUT2D eigenvalue weighted by Gasteiger charge is -2.10. The van der Waals surface area contributed by atoms with Gasteiger partial charge in [0.05, 0.1) is 22.8 Å². The van der Waals surface area contributed by atoms with E-state index in [1.165, 1.54) is 12.3 Å². The Morgan fingerprint density at radius 1 is 1.19 bits per heavy atom. The molecular formula is C19H17FN6O. The number of aromatic amines is 1. The van der Waals surface area contributed by atoms with Crippen molar-refractivity contribution in [2.75, 3.05) is 5.32 Å². The summed E-state index contributed by atoms with van der Waals surface area (Å²) in [5, 5.41) is 14.8. The van der Waals surface area contributed by atoms with Crippen LogP contribution in [-0.4, -0.2) is 30.7 Å². The molecule has 0 saturated carbocycles. The number of aromatic nitrogens is 5. The largest absolute Gasteiger partial charge is 0.325 e. The number of aryl methyl sites for hydroxylation is 3. The van der Waals surface area contributed by atoms with Gasteiger partial charge in [-0.05, 0) is 50.1 Å². The molecule has 2 N–H and O–H groups in total. The van der Waals surface area contributed by atoms with E-state index >= 15 is 0 Å². The number of benzene rings is 1. The molecule has 0 aliphatic carbocycles. The molecule has 0 saturated heterocycles. The first-order chi connectivity index (χ1) is 12.9. The maximum atomic E-state index is 14.4. The normalized spacial score (nSPS) is 11.1. The Kier molecular flexibility index (Phi) is 3.95. The van der Waals surface area contributed by atoms with E-state index in [1.54, 1.807) is 24.4 Å². The second-order valence-electron chi connectivity index (χ2n) is 6.45. The fourth-order valence-electron chi connectivity index (χ4n) is 2.91. The van der Waals surface area contributed by atoms with Gasteiger partial charge in [-0.1, -0.05) is 6.07 Å². The molecule has 1 aromatic carbocycles. The second kappa shape index (κ2) is 6.31. The van der Waals surface area contributed by atoms with E-state index in [0.29, 0.717) is 34.0 Å². The summed E-state index contributed by atoms with van der Waals surface area (Å²) in [4.78, 5) is 15.7. The lowest BCUT2D eigenvalue weighted by molar-refractivity contribution is 0.102. The summed E-state index contributed by atoms with van der Waals surface area (Å²) < 4.78 is 16.0. The van der Waals surface area contributed by atoms with Gasteiger partial charge >= 0.3 is 0 Å². The predicted molar refractivity (Wildman–Crippen MR) is 99.1 cm³/mol. The van der Waals surface area contributed by atoms with Crippen LogP contribution >= 0.6 is 0 Å². The molecule has 0 unspecified atom stereocenters. The van der Waals surface area contributed by atoms with Crippen molar-refractivity contribution in [2.45, 2.75) is 20.8 Å². The van der Waals surface area contributed by atoms with Gasteiger partial charge in [0, 0.05) is 11.9 Å². The van der Waals surface area contributed by atoms with Crippen molar-refractivity contribution in [3.63, 3.8) is 0 Å². The summed E-state index contributed by atoms with van der Waals surface area (Å²) in [7, 11) is 0. The van der Waals surface area contributed by atoms with Crippen LogP contribution in [0.4, 0.5) is 10.1 Å². The molecule has 7 nitrogen and oxygen atoms in total. The fourth-order valence-corrected chi connectivity index (χ4v) is 2.91. The molecule has 0 aliphatic heterocycles. The minimum Gasteiger partial charge on any atom is -0.325 e. The van der Waals surface area contributed by atoms with Crippen LogP contribution in [0.25, 0.3) is 16.9 Å². The van der Waals surface area contributed by atoms with Crippen molar-refractivity contribution in [1.29, 1.82) is 0 Å². The smallest absolute Gasteiger partial charge is 0.259 e. The van der Waals surface area contributed by atoms with E-state index in [0.717, 1.165) is 5.56 Å². The number of rotatable bonds is 3. The minimum absolute atomic E-state index is 0.243. The van der Waals surface area contributed by atoms with Crippen LogP contribution in [0.5, 0.6) is 0 Å². The number of pyridine rings is 1. The zero-order valence-electron chi connectivity index (χ0n) is 15.0. The predicted octanol–water partition coefficient (Wildman–Crippen LogP) is 3.44. The number of fused-ring (bicyclic) bond motifs is 1. The number of hydrogen-bond donors (Lipinski definition) is 2. The van der Waals surface area contributed by atoms with Gasteiger partial charge in [-0.3, -0.25) is 4.79 Å². The highest BCUT2D eigenvalue weighted by Crippen LogP contribution is 2.27. The molecule has 1 amide bonds. The van der Waals surface area contributed by atoms with Crippen molar-refractivity contribution >= 4 is 17.1 Å². The number of carbonyl (C=O) groups excluding carboxylic acids is 1. The highest BCUT2D eigenvalue weighted by Gasteiger charge is 2.17. The molecule has 27 heavy (non-hydrogen) atoms. The van der Waals surface area contributed by atoms with Gasteiger partial charge in [0.1, 0.15) is 11.6 Å². The number of halogens is 1. The molecule has 3 aromatic heterocycles. The average molecular weight is 364 g/mol. The number of anilines is 1. The van der Waals surface area contributed by atoms with Crippen LogP contribution in [-0.2, 0) is 0 Å². The quantitative estimate of drug-likeness (QED) is 0.583. The Balaban J connectivity index is 1.70. The third kappa shape index (κ3) is 3.05. The van der Waals surface area contributed by atoms with Gasteiger partial charge in [0.15, 0.2) is 5.82 Å². The van der Waals surface area contributed by atoms with Crippen LogP contribution in [0.1, 0.15) is 27.3 Å². The van der Waals surface area contributed by atoms with Crippen LogP contribution in [0, 0.1) is 26.6 Å². The number of carbonyl (C=O) groups is 1. The molecule has 0 fully saturated rings. The Morgan fingerprint density at radius 2 is 2.00 bits per heavy atom. The van der Waals surface area contributed by atoms with Crippen molar-refractivity contribution in [3.05, 3.63) is 65.0 Å². The third-order valence-corrected chi connectivity index (χ3v) is 4.33. The van der Waals surface area contributed by atoms with Crippen LogP contribution in [0.3, 0.4) is 0 Å². The summed E-state index contributed by atoms with van der Waals surface area (Å²) in [5.41, 5.74) is 3.52. The lowest BCUT2D eigenvalue weighted by Crippen LogP contribution is -2.13. The fraction of sp³-hybridized carbons (Fsp3) is 0.158. The Morgan fingerprint density at radius 3 is 2.74 bits per heavy atom. The van der Waals surface area contributed by atoms with Crippen LogP contribution < -0.4 is 5.32 Å². The number of amides is 1. The SMILES string of the molecule is Cc1ccc2c(C(=O)Nc3cc(-c4nnc(C)[nH]4)c(F)cc3C)cnn2c1. The third-order valence-electron chi connectivity index (χ3n) is 4.33. The van der Waals surface area contributed by atoms with Gasteiger partial charge in [-0.2, -0.15) is 5.10 Å². The lowest BCUT2D eigenvalue weighted by atomic mass is 10.1. The Bertz CT molecular complexity index is 1180. The molecule has 4 rings (SSSR count). The topological polar surface area (TPSA) is 88.0 Å². The maximum absolute atomic E-state index is 14.4. The molecule has 3 heterocycles. The van der Waals surface area contributed by atoms with Crippen molar-refractivity contribution < 1.29 is 9.18 Å². The van der Waals surface area contributed by atoms with Gasteiger partial charge in [0.25, 0.3) is 5.91 Å². The summed E-state index contributed by atoms with van der Waals surface area (Å²) in [5.74, 6) is 0.139. The molecule has 136 valence electrons. The van der Waals surface area contributed by atoms with E-state index in [9.17, 15) is 9.18 Å². The molecule has 0 spiro atoms. The molecule has 0 atom stereocenters. The highest BCUT2D eigenvalue weighted by atomic mass is 19.1. The summed E-state index contributed by atoms with van der Waals surface area (Å²) in [6, 6.07) is 6.68. The van der Waals surface area contributed by atoms with Gasteiger partial charge < -0.3 is 10.3 Å². The number of nitrogens with zero attached hydrogens (tertiary/aromatic N) is 4. The van der Waals surface area contributed by atoms with E-state index in [-0.39, 0.29) is 11.5 Å². The summed E-state index contributed by atoms with van der Waals surface area (Å²) in [6.07, 6.45) is 3.36. The maximum Gasteiger partial charge on any atom is 0.259 e. The van der Waals surface area contributed by atoms with Crippen molar-refractivity contribution in [3.8, 4) is 11.4 Å². The zero-order chi connectivity index (χ0) is 19.1. The van der Waals surface area contributed by atoms with Gasteiger partial charge in [-0.25, -0.2) is 8.91 Å². The summed E-state index contributed by atoms with van der Waals surface area (Å²) in [6.45, 7) is 5.42. The molecule has 8 heteroatoms. The highest BCUT2D eigenvalue weighted by molar-refractivity contribution is 6.09. The van der Waals surface area contributed by atoms with Crippen molar-refractivity contribution in [2.24, 2.45) is 0 Å². The monoisotopic (exact) mass is 364 g/mol. The Hall–Kier alpha value is -3.55.